The molecular weight excluding hydrogens is 403 g/mol. The Kier molecular flexibility index (Phi) is 5.57. The van der Waals surface area contributed by atoms with Gasteiger partial charge in [0.2, 0.25) is 5.91 Å². The Labute approximate surface area is 177 Å². The highest BCUT2D eigenvalue weighted by Crippen LogP contribution is 2.40. The second-order valence-corrected chi connectivity index (χ2v) is 7.04. The number of fused-ring (bicyclic) bond motifs is 1. The van der Waals surface area contributed by atoms with E-state index in [-0.39, 0.29) is 24.9 Å². The van der Waals surface area contributed by atoms with E-state index in [9.17, 15) is 14.0 Å². The van der Waals surface area contributed by atoms with E-state index in [0.717, 1.165) is 11.1 Å². The third-order valence-corrected chi connectivity index (χ3v) is 4.91. The highest BCUT2D eigenvalue weighted by Gasteiger charge is 2.31. The van der Waals surface area contributed by atoms with Crippen LogP contribution in [0.25, 0.3) is 5.69 Å². The molecule has 0 aliphatic carbocycles. The van der Waals surface area contributed by atoms with Gasteiger partial charge in [-0.25, -0.2) is 9.07 Å². The van der Waals surface area contributed by atoms with Gasteiger partial charge < -0.3 is 20.5 Å². The predicted molar refractivity (Wildman–Crippen MR) is 111 cm³/mol. The molecule has 31 heavy (non-hydrogen) atoms. The Morgan fingerprint density at radius 1 is 1.26 bits per heavy atom. The zero-order valence-electron chi connectivity index (χ0n) is 16.8. The minimum absolute atomic E-state index is 0.178. The van der Waals surface area contributed by atoms with Crippen LogP contribution in [0.3, 0.4) is 0 Å². The topological polar surface area (TPSA) is 108 Å². The molecule has 9 heteroatoms. The molecule has 0 saturated heterocycles. The van der Waals surface area contributed by atoms with Crippen molar-refractivity contribution in [2.45, 2.75) is 19.3 Å². The minimum Gasteiger partial charge on any atom is -0.490 e. The number of aromatic nitrogens is 2. The van der Waals surface area contributed by atoms with Gasteiger partial charge in [0.25, 0.3) is 5.91 Å². The lowest BCUT2D eigenvalue weighted by molar-refractivity contribution is -0.120. The summed E-state index contributed by atoms with van der Waals surface area (Å²) in [6, 6.07) is 11.3. The van der Waals surface area contributed by atoms with E-state index >= 15 is 0 Å². The molecule has 2 heterocycles. The fraction of sp³-hybridized carbons (Fsp3) is 0.227. The highest BCUT2D eigenvalue weighted by molar-refractivity contribution is 5.94. The monoisotopic (exact) mass is 424 g/mol. The van der Waals surface area contributed by atoms with Crippen LogP contribution in [-0.4, -0.2) is 34.8 Å². The Balaban J connectivity index is 1.72. The number of nitrogens with one attached hydrogen (secondary N) is 1. The quantitative estimate of drug-likeness (QED) is 0.606. The van der Waals surface area contributed by atoms with E-state index in [0.29, 0.717) is 29.6 Å². The Hall–Kier alpha value is -3.88. The number of rotatable bonds is 7. The number of benzene rings is 2. The first-order valence-corrected chi connectivity index (χ1v) is 9.77. The lowest BCUT2D eigenvalue weighted by Gasteiger charge is -2.24. The summed E-state index contributed by atoms with van der Waals surface area (Å²) in [5.41, 5.74) is 7.29. The summed E-state index contributed by atoms with van der Waals surface area (Å²) in [4.78, 5) is 23.5. The smallest absolute Gasteiger partial charge is 0.255 e. The average Bonchev–Trinajstić information content (AvgIpc) is 3.16. The number of nitrogens with zero attached hydrogens (tertiary/aromatic N) is 2. The zero-order valence-corrected chi connectivity index (χ0v) is 16.8. The molecule has 0 saturated carbocycles. The molecule has 3 N–H and O–H groups in total. The van der Waals surface area contributed by atoms with Crippen molar-refractivity contribution in [2.24, 2.45) is 5.73 Å². The lowest BCUT2D eigenvalue weighted by atomic mass is 9.87. The Morgan fingerprint density at radius 3 is 2.84 bits per heavy atom. The molecule has 2 aromatic carbocycles. The number of carbonyl (C=O) groups is 2. The number of halogens is 1. The van der Waals surface area contributed by atoms with Crippen molar-refractivity contribution in [1.82, 2.24) is 9.78 Å². The van der Waals surface area contributed by atoms with E-state index in [1.54, 1.807) is 30.5 Å². The number of amides is 2. The van der Waals surface area contributed by atoms with E-state index in [2.05, 4.69) is 10.4 Å². The number of primary amides is 1. The lowest BCUT2D eigenvalue weighted by Crippen LogP contribution is -2.24. The van der Waals surface area contributed by atoms with Crippen molar-refractivity contribution >= 4 is 17.6 Å². The maximum atomic E-state index is 13.7. The zero-order chi connectivity index (χ0) is 22.0. The predicted octanol–water partition coefficient (Wildman–Crippen LogP) is 2.75. The molecule has 0 spiro atoms. The van der Waals surface area contributed by atoms with Gasteiger partial charge in [-0.2, -0.15) is 5.10 Å². The van der Waals surface area contributed by atoms with Gasteiger partial charge in [0.05, 0.1) is 18.5 Å². The van der Waals surface area contributed by atoms with Gasteiger partial charge in [-0.3, -0.25) is 9.59 Å². The van der Waals surface area contributed by atoms with Crippen LogP contribution in [0.1, 0.15) is 30.4 Å². The van der Waals surface area contributed by atoms with Crippen molar-refractivity contribution in [3.05, 3.63) is 65.6 Å². The largest absolute Gasteiger partial charge is 0.490 e. The van der Waals surface area contributed by atoms with Crippen LogP contribution in [0, 0.1) is 5.82 Å². The third kappa shape index (κ3) is 4.20. The van der Waals surface area contributed by atoms with Gasteiger partial charge in [0, 0.05) is 17.9 Å². The molecule has 0 fully saturated rings. The van der Waals surface area contributed by atoms with Crippen LogP contribution in [0.2, 0.25) is 0 Å². The second-order valence-electron chi connectivity index (χ2n) is 7.04. The van der Waals surface area contributed by atoms with Gasteiger partial charge in [-0.1, -0.05) is 12.1 Å². The molecule has 0 radical (unpaired) electrons. The SMILES string of the molecule is CCOc1cc(C2CC(=O)Nc3c2cnn3-c2cccc(F)c2)ccc1OCC(N)=O. The van der Waals surface area contributed by atoms with Crippen molar-refractivity contribution < 1.29 is 23.5 Å². The summed E-state index contributed by atoms with van der Waals surface area (Å²) in [5, 5.41) is 7.21. The normalized spacial score (nSPS) is 15.2. The van der Waals surface area contributed by atoms with Crippen LogP contribution in [-0.2, 0) is 9.59 Å². The summed E-state index contributed by atoms with van der Waals surface area (Å²) >= 11 is 0. The molecule has 2 amide bonds. The van der Waals surface area contributed by atoms with E-state index < -0.39 is 11.7 Å². The van der Waals surface area contributed by atoms with Crippen LogP contribution in [0.5, 0.6) is 11.5 Å². The second kappa shape index (κ2) is 8.47. The van der Waals surface area contributed by atoms with E-state index in [1.807, 2.05) is 13.0 Å². The minimum atomic E-state index is -0.593. The first kappa shape index (κ1) is 20.4. The van der Waals surface area contributed by atoms with Crippen molar-refractivity contribution in [3.63, 3.8) is 0 Å². The number of carbonyl (C=O) groups excluding carboxylic acids is 2. The first-order chi connectivity index (χ1) is 15.0. The first-order valence-electron chi connectivity index (χ1n) is 9.77. The van der Waals surface area contributed by atoms with Gasteiger partial charge in [0.15, 0.2) is 18.1 Å². The van der Waals surface area contributed by atoms with Crippen LogP contribution in [0.15, 0.2) is 48.7 Å². The molecule has 1 atom stereocenters. The number of anilines is 1. The van der Waals surface area contributed by atoms with E-state index in [4.69, 9.17) is 15.2 Å². The molecule has 0 bridgehead atoms. The highest BCUT2D eigenvalue weighted by atomic mass is 19.1. The molecule has 1 unspecified atom stereocenters. The molecule has 1 aliphatic heterocycles. The van der Waals surface area contributed by atoms with Gasteiger partial charge in [-0.05, 0) is 42.8 Å². The average molecular weight is 424 g/mol. The van der Waals surface area contributed by atoms with Crippen molar-refractivity contribution in [2.75, 3.05) is 18.5 Å². The van der Waals surface area contributed by atoms with Crippen molar-refractivity contribution in [3.8, 4) is 17.2 Å². The molecule has 160 valence electrons. The molecule has 1 aromatic heterocycles. The molecular formula is C22H21FN4O4. The standard InChI is InChI=1S/C22H21FN4O4/c1-2-30-19-8-13(6-7-18(19)31-12-20(24)28)16-10-21(29)26-22-17(16)11-25-27(22)15-5-3-4-14(23)9-15/h3-9,11,16H,2,10,12H2,1H3,(H2,24,28)(H,26,29). The fourth-order valence-corrected chi connectivity index (χ4v) is 3.60. The van der Waals surface area contributed by atoms with E-state index in [1.165, 1.54) is 16.8 Å². The summed E-state index contributed by atoms with van der Waals surface area (Å²) in [7, 11) is 0. The number of hydrogen-bond acceptors (Lipinski definition) is 5. The molecule has 3 aromatic rings. The number of ether oxygens (including phenoxy) is 2. The van der Waals surface area contributed by atoms with Gasteiger partial charge >= 0.3 is 0 Å². The summed E-state index contributed by atoms with van der Waals surface area (Å²) in [6.07, 6.45) is 1.89. The van der Waals surface area contributed by atoms with Crippen LogP contribution in [0.4, 0.5) is 10.2 Å². The summed E-state index contributed by atoms with van der Waals surface area (Å²) < 4.78 is 26.3. The number of hydrogen-bond donors (Lipinski definition) is 2. The fourth-order valence-electron chi connectivity index (χ4n) is 3.60. The molecule has 8 nitrogen and oxygen atoms in total. The Bertz CT molecular complexity index is 1140. The maximum absolute atomic E-state index is 13.7. The van der Waals surface area contributed by atoms with Crippen molar-refractivity contribution in [1.29, 1.82) is 0 Å². The Morgan fingerprint density at radius 2 is 2.10 bits per heavy atom. The summed E-state index contributed by atoms with van der Waals surface area (Å²) in [5.74, 6) is -0.109. The third-order valence-electron chi connectivity index (χ3n) is 4.91. The molecule has 4 rings (SSSR count). The van der Waals surface area contributed by atoms with Gasteiger partial charge in [-0.15, -0.1) is 0 Å². The van der Waals surface area contributed by atoms with Crippen LogP contribution < -0.4 is 20.5 Å². The molecule has 1 aliphatic rings. The summed E-state index contributed by atoms with van der Waals surface area (Å²) in [6.45, 7) is 1.96. The van der Waals surface area contributed by atoms with Crippen LogP contribution >= 0.6 is 0 Å². The number of nitrogens with two attached hydrogens (primary N) is 1. The maximum Gasteiger partial charge on any atom is 0.255 e. The van der Waals surface area contributed by atoms with Gasteiger partial charge in [0.1, 0.15) is 11.6 Å².